The largest absolute Gasteiger partial charge is 0.370 e. The Bertz CT molecular complexity index is 393. The number of hydrogen-bond donors (Lipinski definition) is 2. The van der Waals surface area contributed by atoms with E-state index in [0.717, 1.165) is 43.4 Å². The molecule has 0 amide bonds. The molecule has 19 heavy (non-hydrogen) atoms. The highest BCUT2D eigenvalue weighted by Crippen LogP contribution is 2.22. The molecule has 5 heteroatoms. The lowest BCUT2D eigenvalue weighted by Gasteiger charge is -2.22. The van der Waals surface area contributed by atoms with Gasteiger partial charge in [0.2, 0.25) is 0 Å². The Morgan fingerprint density at radius 3 is 2.32 bits per heavy atom. The lowest BCUT2D eigenvalue weighted by Crippen LogP contribution is -2.26. The van der Waals surface area contributed by atoms with E-state index >= 15 is 0 Å². The van der Waals surface area contributed by atoms with E-state index < -0.39 is 0 Å². The third-order valence-electron chi connectivity index (χ3n) is 2.89. The standard InChI is InChI=1S/C14H26N4S/c1-6-8-15-12-9-13(18-11(7-2)17-12)16-10-14(3,4)19-5/h9H,6-8,10H2,1-5H3,(H2,15,16,17,18). The normalized spacial score (nSPS) is 11.4. The van der Waals surface area contributed by atoms with Gasteiger partial charge in [-0.15, -0.1) is 0 Å². The van der Waals surface area contributed by atoms with Gasteiger partial charge in [0.15, 0.2) is 0 Å². The Morgan fingerprint density at radius 1 is 1.16 bits per heavy atom. The Hall–Kier alpha value is -0.970. The molecule has 0 spiro atoms. The lowest BCUT2D eigenvalue weighted by molar-refractivity contribution is 0.748. The summed E-state index contributed by atoms with van der Waals surface area (Å²) in [6, 6.07) is 1.99. The first-order valence-electron chi connectivity index (χ1n) is 6.91. The first-order chi connectivity index (χ1) is 9.00. The molecule has 0 radical (unpaired) electrons. The molecule has 0 aliphatic carbocycles. The smallest absolute Gasteiger partial charge is 0.132 e. The summed E-state index contributed by atoms with van der Waals surface area (Å²) in [7, 11) is 0. The molecule has 0 saturated heterocycles. The summed E-state index contributed by atoms with van der Waals surface area (Å²) in [5.74, 6) is 2.70. The van der Waals surface area contributed by atoms with E-state index in [0.29, 0.717) is 0 Å². The molecule has 0 aliphatic heterocycles. The molecule has 0 fully saturated rings. The highest BCUT2D eigenvalue weighted by molar-refractivity contribution is 7.99. The van der Waals surface area contributed by atoms with Crippen molar-refractivity contribution in [3.63, 3.8) is 0 Å². The van der Waals surface area contributed by atoms with Crippen LogP contribution in [0.2, 0.25) is 0 Å². The summed E-state index contributed by atoms with van der Waals surface area (Å²) in [5, 5.41) is 6.74. The van der Waals surface area contributed by atoms with Gasteiger partial charge in [-0.05, 0) is 26.5 Å². The first-order valence-corrected chi connectivity index (χ1v) is 8.14. The van der Waals surface area contributed by atoms with E-state index in [1.807, 2.05) is 17.8 Å². The molecule has 1 aromatic heterocycles. The molecule has 0 bridgehead atoms. The van der Waals surface area contributed by atoms with Gasteiger partial charge in [0, 0.05) is 30.3 Å². The number of rotatable bonds is 8. The van der Waals surface area contributed by atoms with Crippen LogP contribution < -0.4 is 10.6 Å². The number of thioether (sulfide) groups is 1. The predicted molar refractivity (Wildman–Crippen MR) is 86.3 cm³/mol. The number of aromatic nitrogens is 2. The van der Waals surface area contributed by atoms with Crippen LogP contribution in [0, 0.1) is 0 Å². The number of anilines is 2. The van der Waals surface area contributed by atoms with Crippen molar-refractivity contribution in [1.82, 2.24) is 9.97 Å². The molecule has 1 rings (SSSR count). The average Bonchev–Trinajstić information content (AvgIpc) is 2.42. The molecular formula is C14H26N4S. The second kappa shape index (κ2) is 7.58. The third-order valence-corrected chi connectivity index (χ3v) is 4.14. The minimum atomic E-state index is 0.203. The molecule has 0 unspecified atom stereocenters. The monoisotopic (exact) mass is 282 g/mol. The SMILES string of the molecule is CCCNc1cc(NCC(C)(C)SC)nc(CC)n1. The Balaban J connectivity index is 2.76. The van der Waals surface area contributed by atoms with Crippen LogP contribution in [-0.4, -0.2) is 34.1 Å². The van der Waals surface area contributed by atoms with Crippen molar-refractivity contribution in [3.05, 3.63) is 11.9 Å². The second-order valence-electron chi connectivity index (χ2n) is 5.15. The van der Waals surface area contributed by atoms with Crippen LogP contribution in [0.3, 0.4) is 0 Å². The van der Waals surface area contributed by atoms with Crippen molar-refractivity contribution in [1.29, 1.82) is 0 Å². The molecule has 1 aromatic rings. The summed E-state index contributed by atoms with van der Waals surface area (Å²) < 4.78 is 0.203. The summed E-state index contributed by atoms with van der Waals surface area (Å²) in [6.45, 7) is 10.5. The van der Waals surface area contributed by atoms with Gasteiger partial charge in [-0.1, -0.05) is 13.8 Å². The molecule has 2 N–H and O–H groups in total. The van der Waals surface area contributed by atoms with Gasteiger partial charge in [-0.2, -0.15) is 11.8 Å². The van der Waals surface area contributed by atoms with Gasteiger partial charge in [0.05, 0.1) is 0 Å². The molecule has 0 atom stereocenters. The maximum atomic E-state index is 4.53. The highest BCUT2D eigenvalue weighted by atomic mass is 32.2. The maximum Gasteiger partial charge on any atom is 0.132 e. The van der Waals surface area contributed by atoms with Crippen LogP contribution in [0.5, 0.6) is 0 Å². The summed E-state index contributed by atoms with van der Waals surface area (Å²) in [6.07, 6.45) is 4.07. The van der Waals surface area contributed by atoms with Crippen LogP contribution in [0.15, 0.2) is 6.07 Å². The van der Waals surface area contributed by atoms with E-state index in [1.165, 1.54) is 0 Å². The minimum absolute atomic E-state index is 0.203. The van der Waals surface area contributed by atoms with Crippen LogP contribution in [0.4, 0.5) is 11.6 Å². The molecular weight excluding hydrogens is 256 g/mol. The lowest BCUT2D eigenvalue weighted by atomic mass is 10.2. The van der Waals surface area contributed by atoms with Gasteiger partial charge >= 0.3 is 0 Å². The van der Waals surface area contributed by atoms with Gasteiger partial charge in [0.25, 0.3) is 0 Å². The zero-order chi connectivity index (χ0) is 14.3. The van der Waals surface area contributed by atoms with Crippen molar-refractivity contribution in [2.75, 3.05) is 30.0 Å². The van der Waals surface area contributed by atoms with E-state index in [4.69, 9.17) is 0 Å². The molecule has 4 nitrogen and oxygen atoms in total. The van der Waals surface area contributed by atoms with Crippen LogP contribution in [0.25, 0.3) is 0 Å². The van der Waals surface area contributed by atoms with Crippen molar-refractivity contribution < 1.29 is 0 Å². The maximum absolute atomic E-state index is 4.53. The van der Waals surface area contributed by atoms with Gasteiger partial charge in [0.1, 0.15) is 17.5 Å². The van der Waals surface area contributed by atoms with Crippen LogP contribution in [0.1, 0.15) is 39.9 Å². The van der Waals surface area contributed by atoms with Crippen molar-refractivity contribution in [2.24, 2.45) is 0 Å². The van der Waals surface area contributed by atoms with E-state index in [9.17, 15) is 0 Å². The molecule has 1 heterocycles. The topological polar surface area (TPSA) is 49.8 Å². The third kappa shape index (κ3) is 5.68. The summed E-state index contributed by atoms with van der Waals surface area (Å²) in [4.78, 5) is 9.01. The van der Waals surface area contributed by atoms with Gasteiger partial charge in [-0.25, -0.2) is 9.97 Å². The average molecular weight is 282 g/mol. The second-order valence-corrected chi connectivity index (χ2v) is 6.67. The van der Waals surface area contributed by atoms with E-state index in [1.54, 1.807) is 0 Å². The molecule has 108 valence electrons. The number of aryl methyl sites for hydroxylation is 1. The predicted octanol–water partition coefficient (Wildman–Crippen LogP) is 3.41. The Labute approximate surface area is 121 Å². The van der Waals surface area contributed by atoms with Crippen molar-refractivity contribution >= 4 is 23.4 Å². The fourth-order valence-electron chi connectivity index (χ4n) is 1.47. The Morgan fingerprint density at radius 2 is 1.79 bits per heavy atom. The quantitative estimate of drug-likeness (QED) is 0.765. The van der Waals surface area contributed by atoms with Crippen LogP contribution >= 0.6 is 11.8 Å². The highest BCUT2D eigenvalue weighted by Gasteiger charge is 2.16. The minimum Gasteiger partial charge on any atom is -0.370 e. The number of hydrogen-bond acceptors (Lipinski definition) is 5. The zero-order valence-corrected chi connectivity index (χ0v) is 13.5. The molecule has 0 aromatic carbocycles. The molecule has 0 saturated carbocycles. The van der Waals surface area contributed by atoms with E-state index in [-0.39, 0.29) is 4.75 Å². The zero-order valence-electron chi connectivity index (χ0n) is 12.7. The Kier molecular flexibility index (Phi) is 6.42. The number of nitrogens with one attached hydrogen (secondary N) is 2. The fourth-order valence-corrected chi connectivity index (χ4v) is 1.68. The summed E-state index contributed by atoms with van der Waals surface area (Å²) in [5.41, 5.74) is 0. The molecule has 0 aliphatic rings. The fraction of sp³-hybridized carbons (Fsp3) is 0.714. The van der Waals surface area contributed by atoms with Crippen molar-refractivity contribution in [2.45, 2.75) is 45.3 Å². The van der Waals surface area contributed by atoms with Gasteiger partial charge < -0.3 is 10.6 Å². The van der Waals surface area contributed by atoms with Gasteiger partial charge in [-0.3, -0.25) is 0 Å². The van der Waals surface area contributed by atoms with Crippen LogP contribution in [-0.2, 0) is 6.42 Å². The summed E-state index contributed by atoms with van der Waals surface area (Å²) >= 11 is 1.85. The van der Waals surface area contributed by atoms with Crippen molar-refractivity contribution in [3.8, 4) is 0 Å². The first kappa shape index (κ1) is 16.1. The van der Waals surface area contributed by atoms with E-state index in [2.05, 4.69) is 54.6 Å². The number of nitrogens with zero attached hydrogens (tertiary/aromatic N) is 2.